The molecular weight excluding hydrogens is 304 g/mol. The largest absolute Gasteiger partial charge is 0.494 e. The second-order valence-electron chi connectivity index (χ2n) is 5.26. The molecule has 0 aromatic heterocycles. The minimum Gasteiger partial charge on any atom is -0.494 e. The highest BCUT2D eigenvalue weighted by atomic mass is 16.5. The first-order valence-electron chi connectivity index (χ1n) is 8.02. The van der Waals surface area contributed by atoms with Gasteiger partial charge in [0.05, 0.1) is 6.61 Å². The van der Waals surface area contributed by atoms with Gasteiger partial charge in [0.2, 0.25) is 0 Å². The van der Waals surface area contributed by atoms with Gasteiger partial charge in [0.15, 0.2) is 0 Å². The Kier molecular flexibility index (Phi) is 6.37. The quantitative estimate of drug-likeness (QED) is 0.802. The summed E-state index contributed by atoms with van der Waals surface area (Å²) in [5.41, 5.74) is 2.73. The Balaban J connectivity index is 1.83. The summed E-state index contributed by atoms with van der Waals surface area (Å²) in [6, 6.07) is 14.8. The van der Waals surface area contributed by atoms with Crippen molar-refractivity contribution < 1.29 is 14.3 Å². The van der Waals surface area contributed by atoms with Crippen LogP contribution in [0.15, 0.2) is 48.5 Å². The minimum atomic E-state index is -0.690. The lowest BCUT2D eigenvalue weighted by Crippen LogP contribution is -2.34. The number of carbonyl (C=O) groups is 2. The van der Waals surface area contributed by atoms with Crippen LogP contribution in [0.25, 0.3) is 0 Å². The molecule has 0 bridgehead atoms. The maximum absolute atomic E-state index is 11.9. The van der Waals surface area contributed by atoms with Gasteiger partial charge >= 0.3 is 11.8 Å². The van der Waals surface area contributed by atoms with Gasteiger partial charge < -0.3 is 15.4 Å². The van der Waals surface area contributed by atoms with Gasteiger partial charge in [-0.2, -0.15) is 0 Å². The number of carbonyl (C=O) groups excluding carboxylic acids is 2. The SMILES string of the molecule is CCOc1ccc(NC(=O)C(=O)NCc2ccc(CC)cc2)cc1. The molecule has 5 nitrogen and oxygen atoms in total. The molecule has 0 spiro atoms. The van der Waals surface area contributed by atoms with Crippen molar-refractivity contribution in [2.24, 2.45) is 0 Å². The normalized spacial score (nSPS) is 10.1. The molecule has 2 rings (SSSR count). The smallest absolute Gasteiger partial charge is 0.313 e. The van der Waals surface area contributed by atoms with E-state index < -0.39 is 11.8 Å². The molecule has 0 heterocycles. The number of hydrogen-bond donors (Lipinski definition) is 2. The number of anilines is 1. The average Bonchev–Trinajstić information content (AvgIpc) is 2.62. The van der Waals surface area contributed by atoms with Crippen LogP contribution in [0.4, 0.5) is 5.69 Å². The number of amides is 2. The summed E-state index contributed by atoms with van der Waals surface area (Å²) in [4.78, 5) is 23.8. The van der Waals surface area contributed by atoms with E-state index >= 15 is 0 Å². The Labute approximate surface area is 142 Å². The molecule has 0 aliphatic heterocycles. The molecule has 0 unspecified atom stereocenters. The van der Waals surface area contributed by atoms with E-state index in [2.05, 4.69) is 17.6 Å². The summed E-state index contributed by atoms with van der Waals surface area (Å²) in [5, 5.41) is 5.17. The first-order valence-corrected chi connectivity index (χ1v) is 8.02. The van der Waals surface area contributed by atoms with Crippen molar-refractivity contribution in [2.75, 3.05) is 11.9 Å². The zero-order valence-electron chi connectivity index (χ0n) is 14.0. The van der Waals surface area contributed by atoms with E-state index in [1.807, 2.05) is 31.2 Å². The van der Waals surface area contributed by atoms with E-state index in [0.717, 1.165) is 17.7 Å². The topological polar surface area (TPSA) is 67.4 Å². The molecule has 24 heavy (non-hydrogen) atoms. The van der Waals surface area contributed by atoms with Gasteiger partial charge in [-0.15, -0.1) is 0 Å². The molecule has 2 aromatic carbocycles. The van der Waals surface area contributed by atoms with Crippen molar-refractivity contribution >= 4 is 17.5 Å². The molecule has 2 aromatic rings. The molecule has 2 amide bonds. The third-order valence-corrected chi connectivity index (χ3v) is 3.51. The monoisotopic (exact) mass is 326 g/mol. The van der Waals surface area contributed by atoms with Crippen molar-refractivity contribution in [3.8, 4) is 5.75 Å². The predicted molar refractivity (Wildman–Crippen MR) is 93.9 cm³/mol. The minimum absolute atomic E-state index is 0.319. The zero-order valence-corrected chi connectivity index (χ0v) is 14.0. The average molecular weight is 326 g/mol. The highest BCUT2D eigenvalue weighted by Crippen LogP contribution is 2.15. The second kappa shape index (κ2) is 8.72. The molecule has 0 fully saturated rings. The van der Waals surface area contributed by atoms with E-state index in [1.54, 1.807) is 24.3 Å². The standard InChI is InChI=1S/C19H22N2O3/c1-3-14-5-7-15(8-6-14)13-20-18(22)19(23)21-16-9-11-17(12-10-16)24-4-2/h5-12H,3-4,13H2,1-2H3,(H,20,22)(H,21,23). The number of hydrogen-bond acceptors (Lipinski definition) is 3. The van der Waals surface area contributed by atoms with Crippen LogP contribution in [0.1, 0.15) is 25.0 Å². The number of nitrogens with one attached hydrogen (secondary N) is 2. The van der Waals surface area contributed by atoms with Crippen LogP contribution in [0.2, 0.25) is 0 Å². The van der Waals surface area contributed by atoms with E-state index in [9.17, 15) is 9.59 Å². The summed E-state index contributed by atoms with van der Waals surface area (Å²) in [6.07, 6.45) is 0.969. The van der Waals surface area contributed by atoms with Crippen molar-refractivity contribution in [2.45, 2.75) is 26.8 Å². The van der Waals surface area contributed by atoms with Gasteiger partial charge in [-0.05, 0) is 48.7 Å². The van der Waals surface area contributed by atoms with E-state index in [1.165, 1.54) is 5.56 Å². The fourth-order valence-electron chi connectivity index (χ4n) is 2.14. The molecule has 0 radical (unpaired) electrons. The summed E-state index contributed by atoms with van der Waals surface area (Å²) in [6.45, 7) is 4.88. The molecule has 0 atom stereocenters. The van der Waals surface area contributed by atoms with Crippen LogP contribution in [-0.4, -0.2) is 18.4 Å². The number of aryl methyl sites for hydroxylation is 1. The fourth-order valence-corrected chi connectivity index (χ4v) is 2.14. The number of rotatable bonds is 6. The Hall–Kier alpha value is -2.82. The molecule has 126 valence electrons. The van der Waals surface area contributed by atoms with E-state index in [-0.39, 0.29) is 0 Å². The van der Waals surface area contributed by atoms with Crippen LogP contribution in [0, 0.1) is 0 Å². The fraction of sp³-hybridized carbons (Fsp3) is 0.263. The first-order chi connectivity index (χ1) is 11.6. The highest BCUT2D eigenvalue weighted by Gasteiger charge is 2.13. The lowest BCUT2D eigenvalue weighted by molar-refractivity contribution is -0.136. The van der Waals surface area contributed by atoms with Gasteiger partial charge in [0, 0.05) is 12.2 Å². The second-order valence-corrected chi connectivity index (χ2v) is 5.26. The zero-order chi connectivity index (χ0) is 17.4. The van der Waals surface area contributed by atoms with Gasteiger partial charge in [-0.25, -0.2) is 0 Å². The summed E-state index contributed by atoms with van der Waals surface area (Å²) in [7, 11) is 0. The molecule has 0 aliphatic rings. The maximum Gasteiger partial charge on any atom is 0.313 e. The molecule has 2 N–H and O–H groups in total. The number of benzene rings is 2. The van der Waals surface area contributed by atoms with Gasteiger partial charge in [-0.3, -0.25) is 9.59 Å². The molecule has 0 saturated heterocycles. The lowest BCUT2D eigenvalue weighted by Gasteiger charge is -2.08. The van der Waals surface area contributed by atoms with Crippen LogP contribution < -0.4 is 15.4 Å². The predicted octanol–water partition coefficient (Wildman–Crippen LogP) is 2.90. The molecule has 0 aliphatic carbocycles. The summed E-state index contributed by atoms with van der Waals surface area (Å²) >= 11 is 0. The van der Waals surface area contributed by atoms with Crippen LogP contribution in [0.5, 0.6) is 5.75 Å². The summed E-state index contributed by atoms with van der Waals surface area (Å²) in [5.74, 6) is -0.636. The lowest BCUT2D eigenvalue weighted by atomic mass is 10.1. The van der Waals surface area contributed by atoms with Crippen LogP contribution >= 0.6 is 0 Å². The Morgan fingerprint density at radius 1 is 0.875 bits per heavy atom. The van der Waals surface area contributed by atoms with Crippen LogP contribution in [-0.2, 0) is 22.6 Å². The van der Waals surface area contributed by atoms with Crippen molar-refractivity contribution in [1.82, 2.24) is 5.32 Å². The van der Waals surface area contributed by atoms with Gasteiger partial charge in [0.25, 0.3) is 0 Å². The maximum atomic E-state index is 11.9. The Morgan fingerprint density at radius 3 is 2.08 bits per heavy atom. The third kappa shape index (κ3) is 5.12. The Morgan fingerprint density at radius 2 is 1.50 bits per heavy atom. The summed E-state index contributed by atoms with van der Waals surface area (Å²) < 4.78 is 5.33. The van der Waals surface area contributed by atoms with Crippen molar-refractivity contribution in [3.63, 3.8) is 0 Å². The van der Waals surface area contributed by atoms with Crippen molar-refractivity contribution in [1.29, 1.82) is 0 Å². The van der Waals surface area contributed by atoms with Gasteiger partial charge in [-0.1, -0.05) is 31.2 Å². The Bertz CT molecular complexity index is 679. The highest BCUT2D eigenvalue weighted by molar-refractivity contribution is 6.39. The number of ether oxygens (including phenoxy) is 1. The molecular formula is C19H22N2O3. The molecule has 0 saturated carbocycles. The van der Waals surface area contributed by atoms with E-state index in [0.29, 0.717) is 18.8 Å². The van der Waals surface area contributed by atoms with Crippen molar-refractivity contribution in [3.05, 3.63) is 59.7 Å². The van der Waals surface area contributed by atoms with Crippen LogP contribution in [0.3, 0.4) is 0 Å². The van der Waals surface area contributed by atoms with Gasteiger partial charge in [0.1, 0.15) is 5.75 Å². The first kappa shape index (κ1) is 17.5. The molecule has 5 heteroatoms. The van der Waals surface area contributed by atoms with E-state index in [4.69, 9.17) is 4.74 Å². The third-order valence-electron chi connectivity index (χ3n) is 3.51.